The number of aliphatic imine (C=N–C) groups is 1. The van der Waals surface area contributed by atoms with Gasteiger partial charge in [0.05, 0.1) is 11.6 Å². The number of aromatic nitrogens is 1. The van der Waals surface area contributed by atoms with Crippen LogP contribution in [0.2, 0.25) is 0 Å². The highest BCUT2D eigenvalue weighted by molar-refractivity contribution is 6.07. The third kappa shape index (κ3) is 1.54. The number of hydrogen-bond donors (Lipinski definition) is 0. The van der Waals surface area contributed by atoms with Crippen LogP contribution in [-0.4, -0.2) is 17.0 Å². The SMILES string of the molecule is O=C1C=CN=CC1c1ccccn1. The van der Waals surface area contributed by atoms with E-state index in [1.54, 1.807) is 12.4 Å². The molecule has 64 valence electrons. The highest BCUT2D eigenvalue weighted by Crippen LogP contribution is 2.14. The Morgan fingerprint density at radius 1 is 1.31 bits per heavy atom. The predicted molar refractivity (Wildman–Crippen MR) is 49.6 cm³/mol. The summed E-state index contributed by atoms with van der Waals surface area (Å²) in [6, 6.07) is 5.51. The Kier molecular flexibility index (Phi) is 2.00. The minimum Gasteiger partial charge on any atom is -0.294 e. The lowest BCUT2D eigenvalue weighted by molar-refractivity contribution is -0.114. The van der Waals surface area contributed by atoms with Gasteiger partial charge < -0.3 is 0 Å². The Balaban J connectivity index is 2.32. The minimum absolute atomic E-state index is 0.0358. The molecule has 0 radical (unpaired) electrons. The molecule has 1 aliphatic heterocycles. The summed E-state index contributed by atoms with van der Waals surface area (Å²) in [5, 5.41) is 0. The van der Waals surface area contributed by atoms with Crippen LogP contribution in [0.15, 0.2) is 41.7 Å². The molecule has 0 spiro atoms. The van der Waals surface area contributed by atoms with Gasteiger partial charge in [-0.1, -0.05) is 6.07 Å². The smallest absolute Gasteiger partial charge is 0.171 e. The summed E-state index contributed by atoms with van der Waals surface area (Å²) >= 11 is 0. The Morgan fingerprint density at radius 3 is 2.92 bits per heavy atom. The molecule has 2 heterocycles. The molecule has 0 bridgehead atoms. The molecule has 0 amide bonds. The van der Waals surface area contributed by atoms with Crippen molar-refractivity contribution in [3.63, 3.8) is 0 Å². The Hall–Kier alpha value is -1.77. The molecule has 1 aliphatic rings. The maximum atomic E-state index is 11.4. The quantitative estimate of drug-likeness (QED) is 0.641. The molecule has 0 N–H and O–H groups in total. The van der Waals surface area contributed by atoms with Gasteiger partial charge in [-0.05, 0) is 12.1 Å². The lowest BCUT2D eigenvalue weighted by atomic mass is 9.99. The zero-order chi connectivity index (χ0) is 9.10. The van der Waals surface area contributed by atoms with Gasteiger partial charge in [0.25, 0.3) is 0 Å². The van der Waals surface area contributed by atoms with E-state index in [0.717, 1.165) is 5.69 Å². The molecule has 0 saturated heterocycles. The van der Waals surface area contributed by atoms with Gasteiger partial charge in [-0.2, -0.15) is 0 Å². The van der Waals surface area contributed by atoms with Gasteiger partial charge in [0, 0.05) is 24.7 Å². The largest absolute Gasteiger partial charge is 0.294 e. The summed E-state index contributed by atoms with van der Waals surface area (Å²) in [6.45, 7) is 0. The van der Waals surface area contributed by atoms with E-state index in [2.05, 4.69) is 9.98 Å². The van der Waals surface area contributed by atoms with Crippen LogP contribution < -0.4 is 0 Å². The van der Waals surface area contributed by atoms with Crippen LogP contribution in [-0.2, 0) is 4.79 Å². The van der Waals surface area contributed by atoms with Crippen molar-refractivity contribution in [3.05, 3.63) is 42.4 Å². The summed E-state index contributed by atoms with van der Waals surface area (Å²) in [5.74, 6) is -0.264. The zero-order valence-electron chi connectivity index (χ0n) is 6.92. The van der Waals surface area contributed by atoms with Crippen LogP contribution in [0, 0.1) is 0 Å². The fourth-order valence-corrected chi connectivity index (χ4v) is 1.21. The van der Waals surface area contributed by atoms with Crippen LogP contribution in [0.5, 0.6) is 0 Å². The highest BCUT2D eigenvalue weighted by Gasteiger charge is 2.18. The summed E-state index contributed by atoms with van der Waals surface area (Å²) in [7, 11) is 0. The summed E-state index contributed by atoms with van der Waals surface area (Å²) in [6.07, 6.45) is 6.26. The first-order valence-corrected chi connectivity index (χ1v) is 4.02. The van der Waals surface area contributed by atoms with Gasteiger partial charge in [0.2, 0.25) is 0 Å². The molecule has 1 atom stereocenters. The standard InChI is InChI=1S/C10H8N2O/c13-10-4-6-11-7-8(10)9-3-1-2-5-12-9/h1-8H. The maximum absolute atomic E-state index is 11.4. The number of nitrogens with zero attached hydrogens (tertiary/aromatic N) is 2. The fourth-order valence-electron chi connectivity index (χ4n) is 1.21. The number of pyridine rings is 1. The van der Waals surface area contributed by atoms with Crippen molar-refractivity contribution in [3.8, 4) is 0 Å². The normalized spacial score (nSPS) is 20.6. The molecular formula is C10H8N2O. The zero-order valence-corrected chi connectivity index (χ0v) is 6.92. The van der Waals surface area contributed by atoms with Crippen LogP contribution in [0.3, 0.4) is 0 Å². The average molecular weight is 172 g/mol. The number of carbonyl (C=O) groups excluding carboxylic acids is 1. The van der Waals surface area contributed by atoms with E-state index < -0.39 is 0 Å². The predicted octanol–water partition coefficient (Wildman–Crippen LogP) is 1.33. The van der Waals surface area contributed by atoms with Crippen molar-refractivity contribution in [2.75, 3.05) is 0 Å². The van der Waals surface area contributed by atoms with E-state index in [-0.39, 0.29) is 11.7 Å². The monoisotopic (exact) mass is 172 g/mol. The van der Waals surface area contributed by atoms with Crippen molar-refractivity contribution in [1.29, 1.82) is 0 Å². The van der Waals surface area contributed by atoms with E-state index in [9.17, 15) is 4.79 Å². The fraction of sp³-hybridized carbons (Fsp3) is 0.100. The Bertz CT molecular complexity index is 368. The molecule has 0 aliphatic carbocycles. The third-order valence-electron chi connectivity index (χ3n) is 1.87. The number of ketones is 1. The third-order valence-corrected chi connectivity index (χ3v) is 1.87. The Labute approximate surface area is 75.8 Å². The first kappa shape index (κ1) is 7.86. The number of carbonyl (C=O) groups is 1. The molecule has 0 aromatic carbocycles. The summed E-state index contributed by atoms with van der Waals surface area (Å²) in [5.41, 5.74) is 0.751. The van der Waals surface area contributed by atoms with Crippen molar-refractivity contribution in [2.24, 2.45) is 4.99 Å². The number of allylic oxidation sites excluding steroid dienone is 1. The van der Waals surface area contributed by atoms with Gasteiger partial charge in [-0.25, -0.2) is 0 Å². The van der Waals surface area contributed by atoms with Crippen LogP contribution in [0.1, 0.15) is 11.6 Å². The second-order valence-corrected chi connectivity index (χ2v) is 2.75. The van der Waals surface area contributed by atoms with E-state index >= 15 is 0 Å². The first-order chi connectivity index (χ1) is 6.38. The summed E-state index contributed by atoms with van der Waals surface area (Å²) in [4.78, 5) is 19.4. The van der Waals surface area contributed by atoms with Crippen LogP contribution >= 0.6 is 0 Å². The van der Waals surface area contributed by atoms with Crippen molar-refractivity contribution in [2.45, 2.75) is 5.92 Å². The Morgan fingerprint density at radius 2 is 2.23 bits per heavy atom. The maximum Gasteiger partial charge on any atom is 0.171 e. The molecule has 3 nitrogen and oxygen atoms in total. The van der Waals surface area contributed by atoms with Crippen LogP contribution in [0.25, 0.3) is 0 Å². The van der Waals surface area contributed by atoms with Gasteiger partial charge in [-0.3, -0.25) is 14.8 Å². The summed E-state index contributed by atoms with van der Waals surface area (Å²) < 4.78 is 0. The van der Waals surface area contributed by atoms with Crippen LogP contribution in [0.4, 0.5) is 0 Å². The molecule has 1 aromatic heterocycles. The lowest BCUT2D eigenvalue weighted by Gasteiger charge is -2.09. The lowest BCUT2D eigenvalue weighted by Crippen LogP contribution is -2.14. The molecule has 13 heavy (non-hydrogen) atoms. The highest BCUT2D eigenvalue weighted by atomic mass is 16.1. The second-order valence-electron chi connectivity index (χ2n) is 2.75. The number of rotatable bonds is 1. The number of hydrogen-bond acceptors (Lipinski definition) is 3. The van der Waals surface area contributed by atoms with E-state index in [0.29, 0.717) is 0 Å². The van der Waals surface area contributed by atoms with Crippen molar-refractivity contribution >= 4 is 12.0 Å². The molecule has 1 unspecified atom stereocenters. The van der Waals surface area contributed by atoms with Gasteiger partial charge >= 0.3 is 0 Å². The van der Waals surface area contributed by atoms with E-state index in [1.807, 2.05) is 18.2 Å². The minimum atomic E-state index is -0.300. The van der Waals surface area contributed by atoms with Crippen molar-refractivity contribution in [1.82, 2.24) is 4.98 Å². The average Bonchev–Trinajstić information content (AvgIpc) is 2.20. The van der Waals surface area contributed by atoms with Crippen molar-refractivity contribution < 1.29 is 4.79 Å². The topological polar surface area (TPSA) is 42.3 Å². The van der Waals surface area contributed by atoms with Gasteiger partial charge in [-0.15, -0.1) is 0 Å². The molecule has 3 heteroatoms. The molecule has 0 saturated carbocycles. The van der Waals surface area contributed by atoms with Gasteiger partial charge in [0.1, 0.15) is 0 Å². The molecule has 1 aromatic rings. The van der Waals surface area contributed by atoms with E-state index in [4.69, 9.17) is 0 Å². The van der Waals surface area contributed by atoms with E-state index in [1.165, 1.54) is 12.3 Å². The molecule has 2 rings (SSSR count). The first-order valence-electron chi connectivity index (χ1n) is 4.02. The second kappa shape index (κ2) is 3.31. The molecule has 0 fully saturated rings. The van der Waals surface area contributed by atoms with Gasteiger partial charge in [0.15, 0.2) is 5.78 Å². The molecular weight excluding hydrogens is 164 g/mol.